The van der Waals surface area contributed by atoms with Gasteiger partial charge >= 0.3 is 5.97 Å². The molecule has 21 heavy (non-hydrogen) atoms. The molecule has 0 atom stereocenters. The second-order valence-corrected chi connectivity index (χ2v) is 5.72. The topological polar surface area (TPSA) is 59.5 Å². The number of hydrogen-bond donors (Lipinski definition) is 1. The number of carboxylic acids is 1. The molecule has 5 nitrogen and oxygen atoms in total. The molecule has 0 aliphatic rings. The van der Waals surface area contributed by atoms with Crippen LogP contribution >= 0.6 is 0 Å². The lowest BCUT2D eigenvalue weighted by Crippen LogP contribution is -2.02. The van der Waals surface area contributed by atoms with Crippen LogP contribution in [0.4, 0.5) is 0 Å². The van der Waals surface area contributed by atoms with Crippen LogP contribution in [0.1, 0.15) is 37.4 Å². The summed E-state index contributed by atoms with van der Waals surface area (Å²) < 4.78 is 4.03. The van der Waals surface area contributed by atoms with E-state index in [-0.39, 0.29) is 6.42 Å². The molecular formula is C16H19N3O2. The van der Waals surface area contributed by atoms with Gasteiger partial charge in [-0.25, -0.2) is 4.98 Å². The molecule has 0 aliphatic carbocycles. The van der Waals surface area contributed by atoms with E-state index in [1.807, 2.05) is 17.8 Å². The first-order chi connectivity index (χ1) is 9.99. The SMILES string of the molecule is CC(C)c1cccc2c1nc1n(C)c(CCC(=O)O)cn21. The average Bonchev–Trinajstić information content (AvgIpc) is 2.94. The number of carbonyl (C=O) groups is 1. The third-order valence-electron chi connectivity index (χ3n) is 3.96. The van der Waals surface area contributed by atoms with Gasteiger partial charge in [0.25, 0.3) is 0 Å². The van der Waals surface area contributed by atoms with Crippen molar-refractivity contribution in [3.8, 4) is 0 Å². The van der Waals surface area contributed by atoms with Crippen molar-refractivity contribution >= 4 is 22.8 Å². The van der Waals surface area contributed by atoms with Gasteiger partial charge in [0.1, 0.15) is 0 Å². The molecule has 0 bridgehead atoms. The molecule has 0 unspecified atom stereocenters. The van der Waals surface area contributed by atoms with Crippen molar-refractivity contribution < 1.29 is 9.90 Å². The lowest BCUT2D eigenvalue weighted by Gasteiger charge is -2.05. The van der Waals surface area contributed by atoms with Crippen molar-refractivity contribution in [3.05, 3.63) is 35.7 Å². The number of nitrogens with zero attached hydrogens (tertiary/aromatic N) is 3. The molecule has 0 spiro atoms. The van der Waals surface area contributed by atoms with Gasteiger partial charge in [-0.2, -0.15) is 0 Å². The summed E-state index contributed by atoms with van der Waals surface area (Å²) in [5, 5.41) is 8.83. The third kappa shape index (κ3) is 2.18. The molecule has 3 rings (SSSR count). The van der Waals surface area contributed by atoms with Crippen LogP contribution in [-0.2, 0) is 18.3 Å². The van der Waals surface area contributed by atoms with E-state index < -0.39 is 5.97 Å². The molecule has 3 aromatic rings. The van der Waals surface area contributed by atoms with E-state index in [2.05, 4.69) is 36.4 Å². The number of aryl methyl sites for hydroxylation is 2. The van der Waals surface area contributed by atoms with Gasteiger partial charge in [0.05, 0.1) is 17.5 Å². The summed E-state index contributed by atoms with van der Waals surface area (Å²) in [6.45, 7) is 4.33. The largest absolute Gasteiger partial charge is 0.481 e. The maximum atomic E-state index is 10.7. The predicted octanol–water partition coefficient (Wildman–Crippen LogP) is 2.97. The van der Waals surface area contributed by atoms with E-state index >= 15 is 0 Å². The van der Waals surface area contributed by atoms with Crippen LogP contribution < -0.4 is 0 Å². The summed E-state index contributed by atoms with van der Waals surface area (Å²) in [6, 6.07) is 6.22. The zero-order chi connectivity index (χ0) is 15.1. The van der Waals surface area contributed by atoms with Crippen molar-refractivity contribution in [2.24, 2.45) is 7.05 Å². The minimum absolute atomic E-state index is 0.135. The molecule has 1 N–H and O–H groups in total. The highest BCUT2D eigenvalue weighted by atomic mass is 16.4. The van der Waals surface area contributed by atoms with Gasteiger partial charge in [0.15, 0.2) is 0 Å². The Labute approximate surface area is 122 Å². The number of benzene rings is 1. The van der Waals surface area contributed by atoms with Crippen molar-refractivity contribution in [1.29, 1.82) is 0 Å². The van der Waals surface area contributed by atoms with Crippen molar-refractivity contribution in [3.63, 3.8) is 0 Å². The maximum absolute atomic E-state index is 10.7. The number of para-hydroxylation sites is 1. The Morgan fingerprint density at radius 1 is 1.38 bits per heavy atom. The molecular weight excluding hydrogens is 266 g/mol. The minimum Gasteiger partial charge on any atom is -0.481 e. The van der Waals surface area contributed by atoms with Crippen molar-refractivity contribution in [2.75, 3.05) is 0 Å². The monoisotopic (exact) mass is 285 g/mol. The Morgan fingerprint density at radius 2 is 2.14 bits per heavy atom. The quantitative estimate of drug-likeness (QED) is 0.801. The van der Waals surface area contributed by atoms with E-state index in [9.17, 15) is 4.79 Å². The van der Waals surface area contributed by atoms with Gasteiger partial charge in [-0.1, -0.05) is 26.0 Å². The number of aromatic nitrogens is 3. The summed E-state index contributed by atoms with van der Waals surface area (Å²) >= 11 is 0. The van der Waals surface area contributed by atoms with Gasteiger partial charge in [-0.05, 0) is 24.0 Å². The summed E-state index contributed by atoms with van der Waals surface area (Å²) in [7, 11) is 1.94. The molecule has 1 aromatic carbocycles. The number of rotatable bonds is 4. The van der Waals surface area contributed by atoms with Gasteiger partial charge in [0.2, 0.25) is 5.78 Å². The number of aliphatic carboxylic acids is 1. The summed E-state index contributed by atoms with van der Waals surface area (Å²) in [5.41, 5.74) is 4.33. The fourth-order valence-corrected chi connectivity index (χ4v) is 2.79. The van der Waals surface area contributed by atoms with Crippen LogP contribution in [0.15, 0.2) is 24.4 Å². The van der Waals surface area contributed by atoms with Gasteiger partial charge in [-0.3, -0.25) is 9.20 Å². The highest BCUT2D eigenvalue weighted by molar-refractivity contribution is 5.83. The van der Waals surface area contributed by atoms with Gasteiger partial charge < -0.3 is 9.67 Å². The zero-order valence-corrected chi connectivity index (χ0v) is 12.5. The molecule has 0 radical (unpaired) electrons. The number of hydrogen-bond acceptors (Lipinski definition) is 2. The minimum atomic E-state index is -0.777. The average molecular weight is 285 g/mol. The van der Waals surface area contributed by atoms with Gasteiger partial charge in [0, 0.05) is 18.9 Å². The van der Waals surface area contributed by atoms with Crippen LogP contribution in [-0.4, -0.2) is 25.0 Å². The van der Waals surface area contributed by atoms with Gasteiger partial charge in [-0.15, -0.1) is 0 Å². The van der Waals surface area contributed by atoms with Crippen LogP contribution in [0.5, 0.6) is 0 Å². The highest BCUT2D eigenvalue weighted by Crippen LogP contribution is 2.26. The number of imidazole rings is 2. The summed E-state index contributed by atoms with van der Waals surface area (Å²) in [5.74, 6) is 0.504. The summed E-state index contributed by atoms with van der Waals surface area (Å²) in [6.07, 6.45) is 2.65. The van der Waals surface area contributed by atoms with Crippen LogP contribution in [0.3, 0.4) is 0 Å². The van der Waals surface area contributed by atoms with E-state index in [1.54, 1.807) is 0 Å². The number of fused-ring (bicyclic) bond motifs is 3. The molecule has 0 fully saturated rings. The Bertz CT molecular complexity index is 827. The lowest BCUT2D eigenvalue weighted by atomic mass is 10.0. The van der Waals surface area contributed by atoms with Crippen LogP contribution in [0, 0.1) is 0 Å². The third-order valence-corrected chi connectivity index (χ3v) is 3.96. The van der Waals surface area contributed by atoms with E-state index in [1.165, 1.54) is 5.56 Å². The van der Waals surface area contributed by atoms with Crippen molar-refractivity contribution in [2.45, 2.75) is 32.6 Å². The fourth-order valence-electron chi connectivity index (χ4n) is 2.79. The van der Waals surface area contributed by atoms with E-state index in [4.69, 9.17) is 10.1 Å². The first-order valence-electron chi connectivity index (χ1n) is 7.16. The second kappa shape index (κ2) is 4.91. The van der Waals surface area contributed by atoms with Crippen LogP contribution in [0.2, 0.25) is 0 Å². The first-order valence-corrected chi connectivity index (χ1v) is 7.16. The fraction of sp³-hybridized carbons (Fsp3) is 0.375. The molecule has 2 aromatic heterocycles. The molecule has 0 saturated carbocycles. The summed E-state index contributed by atoms with van der Waals surface area (Å²) in [4.78, 5) is 15.5. The Kier molecular flexibility index (Phi) is 3.20. The van der Waals surface area contributed by atoms with E-state index in [0.717, 1.165) is 22.5 Å². The predicted molar refractivity (Wildman–Crippen MR) is 81.7 cm³/mol. The molecule has 0 saturated heterocycles. The standard InChI is InChI=1S/C16H19N3O2/c1-10(2)12-5-4-6-13-15(12)17-16-18(3)11(9-19(13)16)7-8-14(20)21/h4-6,9-10H,7-8H2,1-3H3,(H,20,21). The second-order valence-electron chi connectivity index (χ2n) is 5.72. The van der Waals surface area contributed by atoms with Crippen molar-refractivity contribution in [1.82, 2.24) is 14.0 Å². The Morgan fingerprint density at radius 3 is 2.81 bits per heavy atom. The maximum Gasteiger partial charge on any atom is 0.303 e. The molecule has 0 amide bonds. The zero-order valence-electron chi connectivity index (χ0n) is 12.5. The number of carboxylic acid groups (broad SMARTS) is 1. The highest BCUT2D eigenvalue weighted by Gasteiger charge is 2.15. The lowest BCUT2D eigenvalue weighted by molar-refractivity contribution is -0.136. The normalized spacial score (nSPS) is 11.8. The molecule has 2 heterocycles. The molecule has 110 valence electrons. The molecule has 5 heteroatoms. The molecule has 0 aliphatic heterocycles. The van der Waals surface area contributed by atoms with Crippen LogP contribution in [0.25, 0.3) is 16.8 Å². The Hall–Kier alpha value is -2.30. The Balaban J connectivity index is 2.17. The smallest absolute Gasteiger partial charge is 0.303 e. The first kappa shape index (κ1) is 13.7. The van der Waals surface area contributed by atoms with E-state index in [0.29, 0.717) is 12.3 Å².